The van der Waals surface area contributed by atoms with E-state index in [2.05, 4.69) is 9.98 Å². The van der Waals surface area contributed by atoms with Crippen molar-refractivity contribution in [1.29, 1.82) is 0 Å². The van der Waals surface area contributed by atoms with Gasteiger partial charge in [0.2, 0.25) is 5.88 Å². The number of fused-ring (bicyclic) bond motifs is 1. The van der Waals surface area contributed by atoms with Gasteiger partial charge in [-0.05, 0) is 72.8 Å². The Morgan fingerprint density at radius 3 is 2.58 bits per heavy atom. The smallest absolute Gasteiger partial charge is 0.215 e. The highest BCUT2D eigenvalue weighted by atomic mass is 32.1. The molecule has 0 atom stereocenters. The van der Waals surface area contributed by atoms with Crippen molar-refractivity contribution in [3.8, 4) is 11.6 Å². The van der Waals surface area contributed by atoms with Crippen LogP contribution in [0.3, 0.4) is 0 Å². The van der Waals surface area contributed by atoms with Crippen LogP contribution in [0.5, 0.6) is 5.88 Å². The second kappa shape index (κ2) is 7.81. The van der Waals surface area contributed by atoms with Crippen LogP contribution in [0.25, 0.3) is 17.8 Å². The third kappa shape index (κ3) is 3.85. The van der Waals surface area contributed by atoms with E-state index in [1.165, 1.54) is 23.5 Å². The molecule has 0 radical (unpaired) electrons. The van der Waals surface area contributed by atoms with Gasteiger partial charge in [0.25, 0.3) is 0 Å². The minimum absolute atomic E-state index is 0.107. The average molecular weight is 428 g/mol. The zero-order chi connectivity index (χ0) is 21.4. The number of nitrogens with zero attached hydrogens (tertiary/aromatic N) is 3. The van der Waals surface area contributed by atoms with Crippen molar-refractivity contribution in [2.24, 2.45) is 9.98 Å². The van der Waals surface area contributed by atoms with Crippen LogP contribution in [-0.2, 0) is 0 Å². The van der Waals surface area contributed by atoms with Crippen LogP contribution in [-0.4, -0.2) is 9.67 Å². The molecule has 0 fully saturated rings. The summed E-state index contributed by atoms with van der Waals surface area (Å²) in [5.41, 5.74) is 3.59. The van der Waals surface area contributed by atoms with E-state index >= 15 is 0 Å². The second-order valence-electron chi connectivity index (χ2n) is 7.24. The zero-order valence-corrected chi connectivity index (χ0v) is 17.5. The second-order valence-corrected chi connectivity index (χ2v) is 8.25. The van der Waals surface area contributed by atoms with Crippen molar-refractivity contribution in [3.05, 3.63) is 110 Å². The first kappa shape index (κ1) is 19.2. The number of aromatic nitrogens is 1. The first-order valence-electron chi connectivity index (χ1n) is 9.75. The van der Waals surface area contributed by atoms with Gasteiger partial charge in [-0.1, -0.05) is 35.1 Å². The lowest BCUT2D eigenvalue weighted by Crippen LogP contribution is -2.11. The number of aromatic hydroxyl groups is 1. The van der Waals surface area contributed by atoms with Gasteiger partial charge in [0, 0.05) is 11.8 Å². The van der Waals surface area contributed by atoms with Crippen LogP contribution in [0.15, 0.2) is 82.9 Å². The largest absolute Gasteiger partial charge is 0.493 e. The van der Waals surface area contributed by atoms with Crippen molar-refractivity contribution in [1.82, 2.24) is 4.57 Å². The van der Waals surface area contributed by atoms with Crippen molar-refractivity contribution in [3.63, 3.8) is 0 Å². The molecule has 6 heteroatoms. The molecule has 5 rings (SSSR count). The normalized spacial score (nSPS) is 13.5. The maximum absolute atomic E-state index is 13.3. The number of hydrogen-bond donors (Lipinski definition) is 1. The number of hydrogen-bond acceptors (Lipinski definition) is 4. The van der Waals surface area contributed by atoms with E-state index in [9.17, 15) is 9.50 Å². The fraction of sp³-hybridized carbons (Fsp3) is 0.0400. The first-order chi connectivity index (χ1) is 15.1. The van der Waals surface area contributed by atoms with Crippen LogP contribution in [0.1, 0.15) is 16.0 Å². The molecule has 1 aromatic heterocycles. The summed E-state index contributed by atoms with van der Waals surface area (Å²) in [5, 5.41) is 13.0. The lowest BCUT2D eigenvalue weighted by Gasteiger charge is -2.05. The molecule has 0 bridgehead atoms. The molecule has 1 aliphatic heterocycles. The van der Waals surface area contributed by atoms with Crippen LogP contribution >= 0.6 is 11.3 Å². The average Bonchev–Trinajstić information content (AvgIpc) is 3.35. The van der Waals surface area contributed by atoms with E-state index < -0.39 is 0 Å². The Morgan fingerprint density at radius 2 is 1.81 bits per heavy atom. The molecule has 31 heavy (non-hydrogen) atoms. The molecule has 0 unspecified atom stereocenters. The van der Waals surface area contributed by atoms with Gasteiger partial charge in [0.1, 0.15) is 5.82 Å². The SMILES string of the molecule is Cc1ccc(-n2c(O)c(C=c3ccc4c(c3)C=CN=4)sc2=Nc2ccc(F)cc2)cc1. The van der Waals surface area contributed by atoms with Gasteiger partial charge in [0.05, 0.1) is 21.6 Å². The van der Waals surface area contributed by atoms with Crippen molar-refractivity contribution in [2.75, 3.05) is 0 Å². The summed E-state index contributed by atoms with van der Waals surface area (Å²) in [6.07, 6.45) is 5.67. The maximum Gasteiger partial charge on any atom is 0.215 e. The molecular formula is C25H18FN3OS. The molecule has 1 N–H and O–H groups in total. The Labute approximate surface area is 181 Å². The molecule has 3 aromatic carbocycles. The fourth-order valence-electron chi connectivity index (χ4n) is 3.37. The monoisotopic (exact) mass is 427 g/mol. The minimum atomic E-state index is -0.314. The summed E-state index contributed by atoms with van der Waals surface area (Å²) in [4.78, 5) is 10.2. The van der Waals surface area contributed by atoms with Crippen molar-refractivity contribution >= 4 is 29.2 Å². The summed E-state index contributed by atoms with van der Waals surface area (Å²) < 4.78 is 15.0. The molecule has 4 nitrogen and oxygen atoms in total. The number of benzene rings is 3. The van der Waals surface area contributed by atoms with E-state index in [0.717, 1.165) is 27.4 Å². The molecule has 0 aliphatic carbocycles. The number of thiazole rings is 1. The van der Waals surface area contributed by atoms with Crippen molar-refractivity contribution < 1.29 is 9.50 Å². The van der Waals surface area contributed by atoms with Gasteiger partial charge in [-0.3, -0.25) is 9.56 Å². The van der Waals surface area contributed by atoms with Crippen LogP contribution in [0, 0.1) is 12.7 Å². The molecule has 2 heterocycles. The summed E-state index contributed by atoms with van der Waals surface area (Å²) in [5.74, 6) is -0.207. The maximum atomic E-state index is 13.3. The third-order valence-electron chi connectivity index (χ3n) is 4.99. The number of aryl methyl sites for hydroxylation is 1. The molecule has 152 valence electrons. The number of rotatable bonds is 3. The van der Waals surface area contributed by atoms with Gasteiger partial charge < -0.3 is 5.11 Å². The lowest BCUT2D eigenvalue weighted by molar-refractivity contribution is 0.439. The molecule has 0 amide bonds. The highest BCUT2D eigenvalue weighted by Crippen LogP contribution is 2.26. The highest BCUT2D eigenvalue weighted by Gasteiger charge is 2.13. The molecule has 0 saturated carbocycles. The zero-order valence-electron chi connectivity index (χ0n) is 16.7. The van der Waals surface area contributed by atoms with Crippen molar-refractivity contribution in [2.45, 2.75) is 6.92 Å². The molecule has 0 spiro atoms. The topological polar surface area (TPSA) is 49.9 Å². The van der Waals surface area contributed by atoms with E-state index in [0.29, 0.717) is 15.4 Å². The Kier molecular flexibility index (Phi) is 4.84. The molecule has 4 aromatic rings. The van der Waals surface area contributed by atoms with Gasteiger partial charge in [-0.15, -0.1) is 0 Å². The van der Waals surface area contributed by atoms with Gasteiger partial charge in [0.15, 0.2) is 4.80 Å². The Bertz CT molecular complexity index is 1490. The summed E-state index contributed by atoms with van der Waals surface area (Å²) in [6.45, 7) is 2.01. The Balaban J connectivity index is 1.71. The van der Waals surface area contributed by atoms with Crippen LogP contribution in [0.4, 0.5) is 10.1 Å². The fourth-order valence-corrected chi connectivity index (χ4v) is 4.38. The van der Waals surface area contributed by atoms with Gasteiger partial charge in [-0.25, -0.2) is 9.38 Å². The van der Waals surface area contributed by atoms with Gasteiger partial charge in [-0.2, -0.15) is 0 Å². The van der Waals surface area contributed by atoms with Gasteiger partial charge >= 0.3 is 0 Å². The standard InChI is InChI=1S/C25H18FN3OS/c1-16-2-9-21(10-3-16)29-24(30)23(15-17-4-11-22-18(14-17)12-13-27-22)31-25(29)28-20-7-5-19(26)6-8-20/h2-15,30H,1H3. The molecule has 1 aliphatic rings. The van der Waals surface area contributed by atoms with E-state index in [1.807, 2.05) is 61.5 Å². The number of halogens is 1. The molecule has 0 saturated heterocycles. The van der Waals surface area contributed by atoms with E-state index in [1.54, 1.807) is 22.9 Å². The van der Waals surface area contributed by atoms with Crippen LogP contribution in [0.2, 0.25) is 0 Å². The lowest BCUT2D eigenvalue weighted by atomic mass is 10.2. The minimum Gasteiger partial charge on any atom is -0.493 e. The summed E-state index contributed by atoms with van der Waals surface area (Å²) in [6, 6.07) is 19.8. The predicted octanol–water partition coefficient (Wildman–Crippen LogP) is 4.36. The highest BCUT2D eigenvalue weighted by molar-refractivity contribution is 7.10. The third-order valence-corrected chi connectivity index (χ3v) is 5.96. The Hall–Kier alpha value is -3.77. The summed E-state index contributed by atoms with van der Waals surface area (Å²) in [7, 11) is 0. The quantitative estimate of drug-likeness (QED) is 0.519. The summed E-state index contributed by atoms with van der Waals surface area (Å²) >= 11 is 1.37. The Morgan fingerprint density at radius 1 is 1.03 bits per heavy atom. The van der Waals surface area contributed by atoms with E-state index in [-0.39, 0.29) is 11.7 Å². The predicted molar refractivity (Wildman–Crippen MR) is 121 cm³/mol. The first-order valence-corrected chi connectivity index (χ1v) is 10.6. The molecular weight excluding hydrogens is 409 g/mol. The van der Waals surface area contributed by atoms with E-state index in [4.69, 9.17) is 0 Å². The van der Waals surface area contributed by atoms with Crippen LogP contribution < -0.4 is 15.4 Å².